The van der Waals surface area contributed by atoms with E-state index in [0.717, 1.165) is 5.56 Å². The van der Waals surface area contributed by atoms with Gasteiger partial charge in [0.15, 0.2) is 10.9 Å². The number of aromatic nitrogens is 2. The molecule has 0 saturated heterocycles. The molecule has 5 aromatic rings. The number of aromatic amines is 2. The van der Waals surface area contributed by atoms with E-state index in [1.807, 2.05) is 13.0 Å². The van der Waals surface area contributed by atoms with Crippen molar-refractivity contribution in [2.75, 3.05) is 0 Å². The second-order valence-corrected chi connectivity index (χ2v) is 8.79. The molecule has 8 heteroatoms. The molecule has 0 fully saturated rings. The molecule has 0 saturated carbocycles. The summed E-state index contributed by atoms with van der Waals surface area (Å²) in [7, 11) is -4.85. The molecule has 7 nitrogen and oxygen atoms in total. The van der Waals surface area contributed by atoms with Gasteiger partial charge in [-0.2, -0.15) is 8.42 Å². The van der Waals surface area contributed by atoms with Crippen LogP contribution in [0, 0.1) is 13.8 Å². The molecular formula is C22H16N2O5S. The summed E-state index contributed by atoms with van der Waals surface area (Å²) >= 11 is 0. The maximum absolute atomic E-state index is 13.4. The van der Waals surface area contributed by atoms with Crippen LogP contribution in [-0.4, -0.2) is 22.9 Å². The summed E-state index contributed by atoms with van der Waals surface area (Å²) in [6.45, 7) is 3.47. The Labute approximate surface area is 169 Å². The topological polar surface area (TPSA) is 120 Å². The van der Waals surface area contributed by atoms with Crippen LogP contribution in [-0.2, 0) is 10.1 Å². The van der Waals surface area contributed by atoms with Crippen molar-refractivity contribution in [1.29, 1.82) is 0 Å². The maximum atomic E-state index is 13.4. The highest BCUT2D eigenvalue weighted by molar-refractivity contribution is 7.86. The second-order valence-electron chi connectivity index (χ2n) is 7.43. The summed E-state index contributed by atoms with van der Waals surface area (Å²) in [6, 6.07) is 11.9. The zero-order valence-corrected chi connectivity index (χ0v) is 16.8. The molecule has 0 amide bonds. The lowest BCUT2D eigenvalue weighted by Crippen LogP contribution is -2.16. The number of hydrogen-bond acceptors (Lipinski definition) is 4. The highest BCUT2D eigenvalue weighted by atomic mass is 32.2. The molecule has 5 rings (SSSR count). The van der Waals surface area contributed by atoms with E-state index in [0.29, 0.717) is 27.4 Å². The van der Waals surface area contributed by atoms with E-state index in [-0.39, 0.29) is 27.2 Å². The van der Waals surface area contributed by atoms with Crippen molar-refractivity contribution in [2.24, 2.45) is 0 Å². The van der Waals surface area contributed by atoms with Crippen LogP contribution in [0.5, 0.6) is 0 Å². The third-order valence-electron chi connectivity index (χ3n) is 5.53. The van der Waals surface area contributed by atoms with Gasteiger partial charge in [0.2, 0.25) is 0 Å². The number of aryl methyl sites for hydroxylation is 2. The summed E-state index contributed by atoms with van der Waals surface area (Å²) in [6.07, 6.45) is 0. The van der Waals surface area contributed by atoms with Crippen molar-refractivity contribution in [3.8, 4) is 0 Å². The maximum Gasteiger partial charge on any atom is 0.297 e. The second kappa shape index (κ2) is 6.01. The number of para-hydroxylation sites is 1. The number of fused-ring (bicyclic) bond motifs is 4. The van der Waals surface area contributed by atoms with Crippen LogP contribution in [0.1, 0.15) is 11.1 Å². The molecule has 150 valence electrons. The molecule has 3 aromatic carbocycles. The average molecular weight is 420 g/mol. The first-order chi connectivity index (χ1) is 14.2. The van der Waals surface area contributed by atoms with Crippen molar-refractivity contribution in [1.82, 2.24) is 9.97 Å². The van der Waals surface area contributed by atoms with Gasteiger partial charge in [-0.05, 0) is 43.7 Å². The minimum absolute atomic E-state index is 0.0799. The van der Waals surface area contributed by atoms with Gasteiger partial charge >= 0.3 is 0 Å². The van der Waals surface area contributed by atoms with E-state index in [1.54, 1.807) is 43.3 Å². The molecule has 0 bridgehead atoms. The molecule has 0 atom stereocenters. The molecule has 0 unspecified atom stereocenters. The normalized spacial score (nSPS) is 12.4. The number of hydrogen-bond donors (Lipinski definition) is 3. The third kappa shape index (κ3) is 2.44. The molecule has 2 aromatic heterocycles. The van der Waals surface area contributed by atoms with Crippen molar-refractivity contribution in [3.05, 3.63) is 74.0 Å². The Balaban J connectivity index is 2.22. The first-order valence-electron chi connectivity index (χ1n) is 9.19. The highest BCUT2D eigenvalue weighted by Crippen LogP contribution is 2.32. The molecule has 3 N–H and O–H groups in total. The zero-order valence-electron chi connectivity index (χ0n) is 16.0. The Morgan fingerprint density at radius 3 is 2.17 bits per heavy atom. The SMILES string of the molecule is Cc1ccc2[nH]c3c(C)c4c(=O)c5ccccc5[nH]c4c(S(=O)(=O)O)c3c(=O)c2c1. The van der Waals surface area contributed by atoms with Gasteiger partial charge in [0.05, 0.1) is 21.8 Å². The van der Waals surface area contributed by atoms with E-state index < -0.39 is 20.4 Å². The first-order valence-corrected chi connectivity index (χ1v) is 10.6. The predicted octanol–water partition coefficient (Wildman–Crippen LogP) is 3.54. The van der Waals surface area contributed by atoms with E-state index in [2.05, 4.69) is 9.97 Å². The van der Waals surface area contributed by atoms with Crippen molar-refractivity contribution < 1.29 is 13.0 Å². The van der Waals surface area contributed by atoms with Crippen LogP contribution in [0.3, 0.4) is 0 Å². The lowest BCUT2D eigenvalue weighted by molar-refractivity contribution is 0.485. The van der Waals surface area contributed by atoms with Crippen LogP contribution in [0.2, 0.25) is 0 Å². The lowest BCUT2D eigenvalue weighted by atomic mass is 10.00. The van der Waals surface area contributed by atoms with Gasteiger partial charge in [0.25, 0.3) is 10.1 Å². The van der Waals surface area contributed by atoms with Gasteiger partial charge in [0, 0.05) is 21.8 Å². The summed E-state index contributed by atoms with van der Waals surface area (Å²) < 4.78 is 35.0. The van der Waals surface area contributed by atoms with Crippen molar-refractivity contribution in [2.45, 2.75) is 18.7 Å². The fourth-order valence-corrected chi connectivity index (χ4v) is 5.03. The zero-order chi connectivity index (χ0) is 21.4. The smallest absolute Gasteiger partial charge is 0.297 e. The van der Waals surface area contributed by atoms with Crippen LogP contribution in [0.25, 0.3) is 43.6 Å². The fraction of sp³-hybridized carbons (Fsp3) is 0.0909. The van der Waals surface area contributed by atoms with Gasteiger partial charge in [-0.1, -0.05) is 23.8 Å². The van der Waals surface area contributed by atoms with Gasteiger partial charge < -0.3 is 9.97 Å². The highest BCUT2D eigenvalue weighted by Gasteiger charge is 2.26. The Morgan fingerprint density at radius 2 is 1.43 bits per heavy atom. The molecule has 30 heavy (non-hydrogen) atoms. The van der Waals surface area contributed by atoms with Gasteiger partial charge in [-0.3, -0.25) is 14.1 Å². The summed E-state index contributed by atoms with van der Waals surface area (Å²) in [5, 5.41) is 0.615. The number of benzene rings is 3. The summed E-state index contributed by atoms with van der Waals surface area (Å²) in [5.41, 5.74) is 1.39. The van der Waals surface area contributed by atoms with Crippen LogP contribution in [0.4, 0.5) is 0 Å². The van der Waals surface area contributed by atoms with Crippen LogP contribution in [0.15, 0.2) is 56.9 Å². The molecule has 0 aliphatic heterocycles. The van der Waals surface area contributed by atoms with Crippen LogP contribution >= 0.6 is 0 Å². The van der Waals surface area contributed by atoms with E-state index in [1.165, 1.54) is 0 Å². The standard InChI is InChI=1S/C22H16N2O5S/c1-10-7-8-15-13(9-10)21(26)17-18(23-15)11(2)16-19(22(17)30(27,28)29)24-14-6-4-3-5-12(14)20(16)25/h3-9H,1-2H3,(H,23,26)(H,24,25)(H,27,28,29). The van der Waals surface area contributed by atoms with Gasteiger partial charge in [-0.15, -0.1) is 0 Å². The summed E-state index contributed by atoms with van der Waals surface area (Å²) in [4.78, 5) is 32.1. The molecule has 0 spiro atoms. The lowest BCUT2D eigenvalue weighted by Gasteiger charge is -2.14. The van der Waals surface area contributed by atoms with Crippen molar-refractivity contribution in [3.63, 3.8) is 0 Å². The number of pyridine rings is 2. The number of nitrogens with one attached hydrogen (secondary N) is 2. The van der Waals surface area contributed by atoms with E-state index >= 15 is 0 Å². The molecular weight excluding hydrogens is 404 g/mol. The molecule has 0 aliphatic carbocycles. The van der Waals surface area contributed by atoms with E-state index in [9.17, 15) is 22.6 Å². The monoisotopic (exact) mass is 420 g/mol. The Kier molecular flexibility index (Phi) is 3.71. The minimum Gasteiger partial charge on any atom is -0.354 e. The molecule has 0 radical (unpaired) electrons. The Hall–Kier alpha value is -3.49. The Bertz CT molecular complexity index is 1780. The van der Waals surface area contributed by atoms with Gasteiger partial charge in [-0.25, -0.2) is 0 Å². The molecule has 0 aliphatic rings. The third-order valence-corrected chi connectivity index (χ3v) is 6.45. The van der Waals surface area contributed by atoms with E-state index in [4.69, 9.17) is 0 Å². The minimum atomic E-state index is -4.85. The quantitative estimate of drug-likeness (QED) is 0.283. The van der Waals surface area contributed by atoms with Crippen LogP contribution < -0.4 is 10.9 Å². The first kappa shape index (κ1) is 18.5. The summed E-state index contributed by atoms with van der Waals surface area (Å²) in [5.74, 6) is 0. The number of rotatable bonds is 1. The Morgan fingerprint density at radius 1 is 0.800 bits per heavy atom. The van der Waals surface area contributed by atoms with Crippen molar-refractivity contribution >= 4 is 53.7 Å². The largest absolute Gasteiger partial charge is 0.354 e. The number of H-pyrrole nitrogens is 2. The fourth-order valence-electron chi connectivity index (χ4n) is 4.17. The predicted molar refractivity (Wildman–Crippen MR) is 117 cm³/mol. The molecule has 2 heterocycles. The van der Waals surface area contributed by atoms with Gasteiger partial charge in [0.1, 0.15) is 4.90 Å². The average Bonchev–Trinajstić information content (AvgIpc) is 2.68.